The van der Waals surface area contributed by atoms with Gasteiger partial charge in [0.05, 0.1) is 0 Å². The summed E-state index contributed by atoms with van der Waals surface area (Å²) in [5, 5.41) is 3.15. The predicted molar refractivity (Wildman–Crippen MR) is 76.2 cm³/mol. The van der Waals surface area contributed by atoms with Crippen LogP contribution in [0.25, 0.3) is 0 Å². The summed E-state index contributed by atoms with van der Waals surface area (Å²) < 4.78 is 13.1. The molecule has 0 radical (unpaired) electrons. The maximum atomic E-state index is 13.1. The molecule has 2 aliphatic heterocycles. The largest absolute Gasteiger partial charge is 0.348 e. The molecule has 20 heavy (non-hydrogen) atoms. The zero-order chi connectivity index (χ0) is 14.1. The lowest BCUT2D eigenvalue weighted by molar-refractivity contribution is 0.0914. The zero-order valence-electron chi connectivity index (χ0n) is 11.9. The van der Waals surface area contributed by atoms with E-state index in [4.69, 9.17) is 0 Å². The summed E-state index contributed by atoms with van der Waals surface area (Å²) in [6.07, 6.45) is 4.72. The Balaban J connectivity index is 1.69. The third-order valence-electron chi connectivity index (χ3n) is 4.61. The number of carbonyl (C=O) groups is 1. The SMILES string of the molecule is Cc1cc(F)ccc1C(=O)NC1CCN2CCCCC12. The Morgan fingerprint density at radius 3 is 2.95 bits per heavy atom. The number of nitrogens with one attached hydrogen (secondary N) is 1. The first-order valence-corrected chi connectivity index (χ1v) is 7.46. The van der Waals surface area contributed by atoms with Crippen molar-refractivity contribution in [1.29, 1.82) is 0 Å². The van der Waals surface area contributed by atoms with Crippen LogP contribution in [0.3, 0.4) is 0 Å². The highest BCUT2D eigenvalue weighted by molar-refractivity contribution is 5.95. The number of halogens is 1. The molecule has 0 saturated carbocycles. The summed E-state index contributed by atoms with van der Waals surface area (Å²) in [7, 11) is 0. The number of aryl methyl sites for hydroxylation is 1. The number of nitrogens with zero attached hydrogens (tertiary/aromatic N) is 1. The molecule has 2 fully saturated rings. The van der Waals surface area contributed by atoms with E-state index in [0.29, 0.717) is 17.2 Å². The van der Waals surface area contributed by atoms with Gasteiger partial charge in [-0.3, -0.25) is 9.69 Å². The van der Waals surface area contributed by atoms with Crippen LogP contribution in [0.4, 0.5) is 4.39 Å². The minimum atomic E-state index is -0.293. The van der Waals surface area contributed by atoms with Gasteiger partial charge >= 0.3 is 0 Å². The second-order valence-corrected chi connectivity index (χ2v) is 5.93. The van der Waals surface area contributed by atoms with Crippen LogP contribution in [-0.2, 0) is 0 Å². The van der Waals surface area contributed by atoms with Gasteiger partial charge in [-0.15, -0.1) is 0 Å². The van der Waals surface area contributed by atoms with E-state index in [1.807, 2.05) is 0 Å². The van der Waals surface area contributed by atoms with Gasteiger partial charge < -0.3 is 5.32 Å². The van der Waals surface area contributed by atoms with Gasteiger partial charge in [0.2, 0.25) is 0 Å². The van der Waals surface area contributed by atoms with E-state index < -0.39 is 0 Å². The Hall–Kier alpha value is -1.42. The van der Waals surface area contributed by atoms with E-state index in [9.17, 15) is 9.18 Å². The smallest absolute Gasteiger partial charge is 0.251 e. The highest BCUT2D eigenvalue weighted by atomic mass is 19.1. The number of fused-ring (bicyclic) bond motifs is 1. The van der Waals surface area contributed by atoms with E-state index >= 15 is 0 Å². The van der Waals surface area contributed by atoms with Gasteiger partial charge in [0.1, 0.15) is 5.82 Å². The molecule has 1 N–H and O–H groups in total. The average Bonchev–Trinajstić information content (AvgIpc) is 2.82. The number of amides is 1. The summed E-state index contributed by atoms with van der Waals surface area (Å²) >= 11 is 0. The van der Waals surface area contributed by atoms with Gasteiger partial charge in [-0.05, 0) is 56.5 Å². The molecule has 1 aromatic rings. The van der Waals surface area contributed by atoms with Crippen molar-refractivity contribution in [2.75, 3.05) is 13.1 Å². The van der Waals surface area contributed by atoms with E-state index in [2.05, 4.69) is 10.2 Å². The second kappa shape index (κ2) is 5.52. The highest BCUT2D eigenvalue weighted by Gasteiger charge is 2.36. The first-order valence-electron chi connectivity index (χ1n) is 7.46. The fourth-order valence-corrected chi connectivity index (χ4v) is 3.54. The lowest BCUT2D eigenvalue weighted by atomic mass is 9.98. The summed E-state index contributed by atoms with van der Waals surface area (Å²) in [6.45, 7) is 4.02. The molecule has 0 aliphatic carbocycles. The average molecular weight is 276 g/mol. The topological polar surface area (TPSA) is 32.3 Å². The number of hydrogen-bond donors (Lipinski definition) is 1. The standard InChI is InChI=1S/C16H21FN2O/c1-11-10-12(17)5-6-13(11)16(20)18-14-7-9-19-8-3-2-4-15(14)19/h5-6,10,14-15H,2-4,7-9H2,1H3,(H,18,20). The molecule has 1 aromatic carbocycles. The fourth-order valence-electron chi connectivity index (χ4n) is 3.54. The van der Waals surface area contributed by atoms with Crippen LogP contribution in [-0.4, -0.2) is 36.0 Å². The Bertz CT molecular complexity index is 517. The molecule has 1 amide bonds. The number of benzene rings is 1. The van der Waals surface area contributed by atoms with Crippen molar-refractivity contribution in [2.45, 2.75) is 44.7 Å². The van der Waals surface area contributed by atoms with E-state index in [-0.39, 0.29) is 17.8 Å². The molecule has 4 heteroatoms. The molecule has 3 rings (SSSR count). The number of hydrogen-bond acceptors (Lipinski definition) is 2. The van der Waals surface area contributed by atoms with Gasteiger partial charge in [-0.1, -0.05) is 6.42 Å². The van der Waals surface area contributed by atoms with Crippen molar-refractivity contribution in [3.05, 3.63) is 35.1 Å². The lowest BCUT2D eigenvalue weighted by Crippen LogP contribution is -2.46. The molecule has 0 aromatic heterocycles. The van der Waals surface area contributed by atoms with Gasteiger partial charge in [-0.2, -0.15) is 0 Å². The van der Waals surface area contributed by atoms with Crippen LogP contribution in [0.1, 0.15) is 41.6 Å². The number of piperidine rings is 1. The van der Waals surface area contributed by atoms with E-state index in [1.165, 1.54) is 31.4 Å². The molecule has 0 spiro atoms. The van der Waals surface area contributed by atoms with Crippen molar-refractivity contribution in [3.63, 3.8) is 0 Å². The molecule has 2 unspecified atom stereocenters. The Morgan fingerprint density at radius 2 is 2.15 bits per heavy atom. The molecule has 3 nitrogen and oxygen atoms in total. The van der Waals surface area contributed by atoms with Gasteiger partial charge in [-0.25, -0.2) is 4.39 Å². The quantitative estimate of drug-likeness (QED) is 0.900. The first kappa shape index (κ1) is 13.6. The third kappa shape index (κ3) is 2.57. The van der Waals surface area contributed by atoms with Crippen molar-refractivity contribution >= 4 is 5.91 Å². The zero-order valence-corrected chi connectivity index (χ0v) is 11.9. The predicted octanol–water partition coefficient (Wildman–Crippen LogP) is 2.49. The monoisotopic (exact) mass is 276 g/mol. The van der Waals surface area contributed by atoms with Crippen LogP contribution in [0, 0.1) is 12.7 Å². The van der Waals surface area contributed by atoms with Crippen molar-refractivity contribution in [3.8, 4) is 0 Å². The van der Waals surface area contributed by atoms with Crippen LogP contribution >= 0.6 is 0 Å². The molecule has 2 heterocycles. The Kier molecular flexibility index (Phi) is 3.74. The lowest BCUT2D eigenvalue weighted by Gasteiger charge is -2.32. The number of carbonyl (C=O) groups excluding carboxylic acids is 1. The first-order chi connectivity index (χ1) is 9.65. The molecule has 2 aliphatic rings. The maximum absolute atomic E-state index is 13.1. The Labute approximate surface area is 119 Å². The molecule has 2 saturated heterocycles. The van der Waals surface area contributed by atoms with Crippen LogP contribution in [0.2, 0.25) is 0 Å². The fraction of sp³-hybridized carbons (Fsp3) is 0.562. The normalized spacial score (nSPS) is 26.3. The minimum Gasteiger partial charge on any atom is -0.348 e. The van der Waals surface area contributed by atoms with Crippen molar-refractivity contribution in [2.24, 2.45) is 0 Å². The maximum Gasteiger partial charge on any atom is 0.251 e. The molecular weight excluding hydrogens is 255 g/mol. The molecule has 2 atom stereocenters. The minimum absolute atomic E-state index is 0.0695. The molecule has 0 bridgehead atoms. The van der Waals surface area contributed by atoms with Crippen LogP contribution < -0.4 is 5.32 Å². The summed E-state index contributed by atoms with van der Waals surface area (Å²) in [5.74, 6) is -0.363. The molecule has 108 valence electrons. The number of rotatable bonds is 2. The second-order valence-electron chi connectivity index (χ2n) is 5.93. The Morgan fingerprint density at radius 1 is 1.30 bits per heavy atom. The third-order valence-corrected chi connectivity index (χ3v) is 4.61. The van der Waals surface area contributed by atoms with E-state index in [1.54, 1.807) is 13.0 Å². The van der Waals surface area contributed by atoms with Gasteiger partial charge in [0, 0.05) is 24.2 Å². The summed E-state index contributed by atoms with van der Waals surface area (Å²) in [6, 6.07) is 5.08. The van der Waals surface area contributed by atoms with Crippen molar-refractivity contribution in [1.82, 2.24) is 10.2 Å². The van der Waals surface area contributed by atoms with Gasteiger partial charge in [0.15, 0.2) is 0 Å². The van der Waals surface area contributed by atoms with E-state index in [0.717, 1.165) is 19.5 Å². The van der Waals surface area contributed by atoms with Crippen molar-refractivity contribution < 1.29 is 9.18 Å². The van der Waals surface area contributed by atoms with Crippen LogP contribution in [0.15, 0.2) is 18.2 Å². The summed E-state index contributed by atoms with van der Waals surface area (Å²) in [4.78, 5) is 14.8. The highest BCUT2D eigenvalue weighted by Crippen LogP contribution is 2.27. The molecular formula is C16H21FN2O. The summed E-state index contributed by atoms with van der Waals surface area (Å²) in [5.41, 5.74) is 1.28. The van der Waals surface area contributed by atoms with Crippen LogP contribution in [0.5, 0.6) is 0 Å². The van der Waals surface area contributed by atoms with Gasteiger partial charge in [0.25, 0.3) is 5.91 Å².